The van der Waals surface area contributed by atoms with Crippen molar-refractivity contribution in [3.05, 3.63) is 34.9 Å². The average Bonchev–Trinajstić information content (AvgIpc) is 2.25. The summed E-state index contributed by atoms with van der Waals surface area (Å²) in [6, 6.07) is -0.400. The van der Waals surface area contributed by atoms with Crippen LogP contribution in [0.2, 0.25) is 0 Å². The molecule has 1 amide bonds. The van der Waals surface area contributed by atoms with Crippen LogP contribution < -0.4 is 11.5 Å². The Bertz CT molecular complexity index is 476. The van der Waals surface area contributed by atoms with E-state index in [4.69, 9.17) is 11.5 Å². The molecule has 0 aliphatic carbocycles. The first-order chi connectivity index (χ1) is 8.91. The van der Waals surface area contributed by atoms with Gasteiger partial charge in [0.2, 0.25) is 5.91 Å². The second-order valence-corrected chi connectivity index (χ2v) is 4.12. The summed E-state index contributed by atoms with van der Waals surface area (Å²) < 4.78 is 75.4. The second-order valence-electron chi connectivity index (χ2n) is 4.12. The van der Waals surface area contributed by atoms with Crippen LogP contribution in [0, 0.1) is 0 Å². The molecule has 0 aliphatic rings. The number of carbonyl (C=O) groups is 1. The van der Waals surface area contributed by atoms with E-state index in [-0.39, 0.29) is 6.07 Å². The zero-order valence-corrected chi connectivity index (χ0v) is 9.85. The van der Waals surface area contributed by atoms with Crippen LogP contribution in [0.3, 0.4) is 0 Å². The lowest BCUT2D eigenvalue weighted by atomic mass is 9.98. The average molecular weight is 300 g/mol. The summed E-state index contributed by atoms with van der Waals surface area (Å²) in [5.41, 5.74) is 6.78. The van der Waals surface area contributed by atoms with Gasteiger partial charge in [-0.15, -0.1) is 0 Å². The Kier molecular flexibility index (Phi) is 4.33. The number of alkyl halides is 6. The molecule has 0 saturated carbocycles. The molecule has 1 atom stereocenters. The van der Waals surface area contributed by atoms with Crippen molar-refractivity contribution in [3.8, 4) is 0 Å². The SMILES string of the molecule is NC(=O)C[C@@H](N)c1cc(C(F)(F)F)cc(C(F)(F)F)c1. The number of nitrogens with two attached hydrogens (primary N) is 2. The highest BCUT2D eigenvalue weighted by molar-refractivity contribution is 5.74. The molecule has 20 heavy (non-hydrogen) atoms. The van der Waals surface area contributed by atoms with Crippen LogP contribution in [0.4, 0.5) is 26.3 Å². The Balaban J connectivity index is 3.34. The van der Waals surface area contributed by atoms with Crippen LogP contribution >= 0.6 is 0 Å². The molecular formula is C11H10F6N2O. The predicted molar refractivity (Wildman–Crippen MR) is 57.2 cm³/mol. The van der Waals surface area contributed by atoms with Gasteiger partial charge >= 0.3 is 12.4 Å². The molecule has 0 heterocycles. The van der Waals surface area contributed by atoms with Crippen molar-refractivity contribution >= 4 is 5.91 Å². The van der Waals surface area contributed by atoms with E-state index in [1.165, 1.54) is 0 Å². The van der Waals surface area contributed by atoms with Gasteiger partial charge in [0.15, 0.2) is 0 Å². The lowest BCUT2D eigenvalue weighted by Crippen LogP contribution is -2.22. The van der Waals surface area contributed by atoms with E-state index in [2.05, 4.69) is 0 Å². The fourth-order valence-corrected chi connectivity index (χ4v) is 1.53. The summed E-state index contributed by atoms with van der Waals surface area (Å²) in [5.74, 6) is -0.927. The van der Waals surface area contributed by atoms with Crippen LogP contribution in [0.1, 0.15) is 29.2 Å². The molecule has 0 aromatic heterocycles. The molecule has 1 aromatic rings. The number of primary amides is 1. The molecule has 1 aromatic carbocycles. The monoisotopic (exact) mass is 300 g/mol. The first kappa shape index (κ1) is 16.3. The first-order valence-electron chi connectivity index (χ1n) is 5.24. The molecule has 0 radical (unpaired) electrons. The Labute approximate surface area is 109 Å². The number of rotatable bonds is 3. The Morgan fingerprint density at radius 3 is 1.70 bits per heavy atom. The molecule has 0 fully saturated rings. The largest absolute Gasteiger partial charge is 0.416 e. The van der Waals surface area contributed by atoms with Crippen LogP contribution in [-0.2, 0) is 17.1 Å². The molecule has 0 aliphatic heterocycles. The van der Waals surface area contributed by atoms with Gasteiger partial charge in [-0.3, -0.25) is 4.79 Å². The van der Waals surface area contributed by atoms with Crippen molar-refractivity contribution in [1.29, 1.82) is 0 Å². The zero-order chi connectivity index (χ0) is 15.7. The highest BCUT2D eigenvalue weighted by atomic mass is 19.4. The Morgan fingerprint density at radius 1 is 1.00 bits per heavy atom. The summed E-state index contributed by atoms with van der Waals surface area (Å²) >= 11 is 0. The van der Waals surface area contributed by atoms with E-state index in [0.717, 1.165) is 0 Å². The number of hydrogen-bond acceptors (Lipinski definition) is 2. The molecule has 0 spiro atoms. The van der Waals surface area contributed by atoms with Crippen molar-refractivity contribution in [3.63, 3.8) is 0 Å². The lowest BCUT2D eigenvalue weighted by Gasteiger charge is -2.17. The Hall–Kier alpha value is -1.77. The lowest BCUT2D eigenvalue weighted by molar-refractivity contribution is -0.143. The first-order valence-corrected chi connectivity index (χ1v) is 5.24. The number of amides is 1. The van der Waals surface area contributed by atoms with Crippen molar-refractivity contribution < 1.29 is 31.1 Å². The van der Waals surface area contributed by atoms with Crippen LogP contribution in [0.5, 0.6) is 0 Å². The van der Waals surface area contributed by atoms with E-state index >= 15 is 0 Å². The van der Waals surface area contributed by atoms with Crippen molar-refractivity contribution in [2.75, 3.05) is 0 Å². The van der Waals surface area contributed by atoms with E-state index in [1.807, 2.05) is 0 Å². The molecule has 9 heteroatoms. The summed E-state index contributed by atoms with van der Waals surface area (Å²) in [4.78, 5) is 10.6. The molecule has 0 bridgehead atoms. The quantitative estimate of drug-likeness (QED) is 0.842. The predicted octanol–water partition coefficient (Wildman–Crippen LogP) is 2.60. The number of halogens is 6. The van der Waals surface area contributed by atoms with Gasteiger partial charge in [-0.1, -0.05) is 0 Å². The number of hydrogen-bond donors (Lipinski definition) is 2. The van der Waals surface area contributed by atoms with Gasteiger partial charge in [0, 0.05) is 12.5 Å². The maximum absolute atomic E-state index is 12.6. The highest BCUT2D eigenvalue weighted by Gasteiger charge is 2.37. The summed E-state index contributed by atoms with van der Waals surface area (Å²) in [5, 5.41) is 0. The number of carbonyl (C=O) groups excluding carboxylic acids is 1. The zero-order valence-electron chi connectivity index (χ0n) is 9.85. The van der Waals surface area contributed by atoms with Gasteiger partial charge in [0.05, 0.1) is 11.1 Å². The third-order valence-corrected chi connectivity index (χ3v) is 2.46. The minimum atomic E-state index is -4.96. The smallest absolute Gasteiger partial charge is 0.370 e. The molecule has 1 rings (SSSR count). The minimum Gasteiger partial charge on any atom is -0.370 e. The maximum atomic E-state index is 12.6. The van der Waals surface area contributed by atoms with Crippen molar-refractivity contribution in [2.24, 2.45) is 11.5 Å². The van der Waals surface area contributed by atoms with Crippen LogP contribution in [-0.4, -0.2) is 5.91 Å². The molecule has 112 valence electrons. The van der Waals surface area contributed by atoms with Gasteiger partial charge in [-0.2, -0.15) is 26.3 Å². The third kappa shape index (κ3) is 4.12. The maximum Gasteiger partial charge on any atom is 0.416 e. The standard InChI is InChI=1S/C11H10F6N2O/c12-10(13,14)6-1-5(8(18)4-9(19)20)2-7(3-6)11(15,16)17/h1-3,8H,4,18H2,(H2,19,20)/t8-/m1/s1. The summed E-state index contributed by atoms with van der Waals surface area (Å²) in [6.07, 6.45) is -10.5. The van der Waals surface area contributed by atoms with E-state index in [0.29, 0.717) is 12.1 Å². The number of benzene rings is 1. The normalized spacial score (nSPS) is 14.2. The molecule has 4 N–H and O–H groups in total. The highest BCUT2D eigenvalue weighted by Crippen LogP contribution is 2.37. The summed E-state index contributed by atoms with van der Waals surface area (Å²) in [7, 11) is 0. The van der Waals surface area contributed by atoms with E-state index < -0.39 is 47.4 Å². The second kappa shape index (κ2) is 5.31. The van der Waals surface area contributed by atoms with Gasteiger partial charge < -0.3 is 11.5 Å². The van der Waals surface area contributed by atoms with Gasteiger partial charge in [-0.05, 0) is 23.8 Å². The van der Waals surface area contributed by atoms with Gasteiger partial charge in [0.25, 0.3) is 0 Å². The van der Waals surface area contributed by atoms with Gasteiger partial charge in [-0.25, -0.2) is 0 Å². The van der Waals surface area contributed by atoms with Crippen LogP contribution in [0.25, 0.3) is 0 Å². The van der Waals surface area contributed by atoms with Crippen LogP contribution in [0.15, 0.2) is 18.2 Å². The third-order valence-electron chi connectivity index (χ3n) is 2.46. The topological polar surface area (TPSA) is 69.1 Å². The minimum absolute atomic E-state index is 0.0134. The molecule has 3 nitrogen and oxygen atoms in total. The summed E-state index contributed by atoms with van der Waals surface area (Å²) in [6.45, 7) is 0. The fourth-order valence-electron chi connectivity index (χ4n) is 1.53. The van der Waals surface area contributed by atoms with Crippen molar-refractivity contribution in [1.82, 2.24) is 0 Å². The Morgan fingerprint density at radius 2 is 1.40 bits per heavy atom. The molecule has 0 unspecified atom stereocenters. The fraction of sp³-hybridized carbons (Fsp3) is 0.364. The van der Waals surface area contributed by atoms with Gasteiger partial charge in [0.1, 0.15) is 0 Å². The molecule has 0 saturated heterocycles. The van der Waals surface area contributed by atoms with Crippen molar-refractivity contribution in [2.45, 2.75) is 24.8 Å². The van der Waals surface area contributed by atoms with E-state index in [1.54, 1.807) is 0 Å². The molecular weight excluding hydrogens is 290 g/mol. The van der Waals surface area contributed by atoms with E-state index in [9.17, 15) is 31.1 Å².